The molecule has 1 N–H and O–H groups in total. The Balaban J connectivity index is 2.33. The van der Waals surface area contributed by atoms with Crippen LogP contribution in [0.3, 0.4) is 0 Å². The molecule has 0 spiro atoms. The molecule has 0 unspecified atom stereocenters. The van der Waals surface area contributed by atoms with Crippen LogP contribution in [-0.2, 0) is 9.59 Å². The predicted octanol–water partition coefficient (Wildman–Crippen LogP) is 1.26. The number of amides is 1. The largest absolute Gasteiger partial charge is 0.479 e. The van der Waals surface area contributed by atoms with Gasteiger partial charge in [-0.3, -0.25) is 4.79 Å². The summed E-state index contributed by atoms with van der Waals surface area (Å²) in [6.45, 7) is -0.866. The summed E-state index contributed by atoms with van der Waals surface area (Å²) in [5.41, 5.74) is -3.93. The van der Waals surface area contributed by atoms with Crippen molar-refractivity contribution >= 4 is 11.9 Å². The molecule has 0 aromatic carbocycles. The molecule has 102 valence electrons. The molecule has 4 nitrogen and oxygen atoms in total. The first-order chi connectivity index (χ1) is 8.05. The highest BCUT2D eigenvalue weighted by molar-refractivity contribution is 5.92. The summed E-state index contributed by atoms with van der Waals surface area (Å²) in [6, 6.07) is 0. The molecule has 1 saturated carbocycles. The van der Waals surface area contributed by atoms with Gasteiger partial charge in [-0.25, -0.2) is 13.6 Å². The minimum atomic E-state index is -5.26. The molecule has 2 saturated heterocycles. The monoisotopic (exact) mass is 273 g/mol. The normalized spacial score (nSPS) is 34.7. The van der Waals surface area contributed by atoms with E-state index < -0.39 is 54.8 Å². The Labute approximate surface area is 97.4 Å². The van der Waals surface area contributed by atoms with Crippen LogP contribution in [0.5, 0.6) is 0 Å². The van der Waals surface area contributed by atoms with Gasteiger partial charge in [0.25, 0.3) is 0 Å². The predicted molar refractivity (Wildman–Crippen MR) is 45.8 cm³/mol. The van der Waals surface area contributed by atoms with Gasteiger partial charge in [0, 0.05) is 6.54 Å². The van der Waals surface area contributed by atoms with E-state index in [-0.39, 0.29) is 4.90 Å². The Hall–Kier alpha value is -1.41. The number of alkyl halides is 5. The van der Waals surface area contributed by atoms with Gasteiger partial charge in [-0.15, -0.1) is 0 Å². The molecule has 0 aromatic rings. The van der Waals surface area contributed by atoms with E-state index in [0.29, 0.717) is 0 Å². The van der Waals surface area contributed by atoms with Crippen molar-refractivity contribution in [1.29, 1.82) is 0 Å². The highest BCUT2D eigenvalue weighted by Crippen LogP contribution is 2.62. The zero-order valence-corrected chi connectivity index (χ0v) is 8.80. The van der Waals surface area contributed by atoms with E-state index in [4.69, 9.17) is 5.11 Å². The Morgan fingerprint density at radius 1 is 1.22 bits per heavy atom. The van der Waals surface area contributed by atoms with E-state index in [9.17, 15) is 31.5 Å². The van der Waals surface area contributed by atoms with E-state index >= 15 is 0 Å². The van der Waals surface area contributed by atoms with E-state index in [1.807, 2.05) is 0 Å². The van der Waals surface area contributed by atoms with Crippen LogP contribution in [0, 0.1) is 5.41 Å². The quantitative estimate of drug-likeness (QED) is 0.770. The zero-order valence-electron chi connectivity index (χ0n) is 8.80. The number of hydrogen-bond donors (Lipinski definition) is 1. The summed E-state index contributed by atoms with van der Waals surface area (Å²) in [7, 11) is 0. The van der Waals surface area contributed by atoms with Crippen molar-refractivity contribution in [2.75, 3.05) is 6.54 Å². The molecule has 0 aromatic heterocycles. The first kappa shape index (κ1) is 13.0. The molecular weight excluding hydrogens is 265 g/mol. The van der Waals surface area contributed by atoms with Crippen molar-refractivity contribution in [2.24, 2.45) is 5.41 Å². The molecule has 0 radical (unpaired) electrons. The fraction of sp³-hybridized carbons (Fsp3) is 0.778. The average molecular weight is 273 g/mol. The second-order valence-electron chi connectivity index (χ2n) is 4.74. The molecule has 2 heterocycles. The highest BCUT2D eigenvalue weighted by Gasteiger charge is 2.75. The Kier molecular flexibility index (Phi) is 2.41. The molecule has 1 amide bonds. The lowest BCUT2D eigenvalue weighted by Crippen LogP contribution is -2.59. The summed E-state index contributed by atoms with van der Waals surface area (Å²) in [5, 5.41) is 8.89. The molecule has 3 aliphatic rings. The number of carboxylic acid groups (broad SMARTS) is 1. The zero-order chi connectivity index (χ0) is 13.9. The van der Waals surface area contributed by atoms with Gasteiger partial charge in [-0.2, -0.15) is 13.2 Å². The molecule has 3 fully saturated rings. The lowest BCUT2D eigenvalue weighted by Gasteiger charge is -2.43. The van der Waals surface area contributed by atoms with Crippen LogP contribution in [0.15, 0.2) is 0 Å². The van der Waals surface area contributed by atoms with E-state index in [0.717, 1.165) is 0 Å². The van der Waals surface area contributed by atoms with Crippen molar-refractivity contribution in [3.05, 3.63) is 0 Å². The van der Waals surface area contributed by atoms with E-state index in [2.05, 4.69) is 0 Å². The number of carboxylic acids is 1. The molecule has 1 aliphatic carbocycles. The first-order valence-corrected chi connectivity index (χ1v) is 4.96. The average Bonchev–Trinajstić information content (AvgIpc) is 2.65. The van der Waals surface area contributed by atoms with Crippen molar-refractivity contribution in [3.8, 4) is 0 Å². The van der Waals surface area contributed by atoms with Crippen LogP contribution in [0.1, 0.15) is 12.8 Å². The fourth-order valence-electron chi connectivity index (χ4n) is 2.79. The molecule has 9 heteroatoms. The maximum Gasteiger partial charge on any atom is 0.471 e. The van der Waals surface area contributed by atoms with Gasteiger partial charge in [0.05, 0.1) is 5.41 Å². The lowest BCUT2D eigenvalue weighted by atomic mass is 9.62. The lowest BCUT2D eigenvalue weighted by molar-refractivity contribution is -0.193. The third-order valence-corrected chi connectivity index (χ3v) is 3.63. The molecule has 2 bridgehead atoms. The summed E-state index contributed by atoms with van der Waals surface area (Å²) in [6.07, 6.45) is -9.47. The number of halogens is 5. The fourth-order valence-corrected chi connectivity index (χ4v) is 2.79. The van der Waals surface area contributed by atoms with Crippen LogP contribution in [0.25, 0.3) is 0 Å². The second-order valence-corrected chi connectivity index (χ2v) is 4.74. The molecular formula is C9H8F5NO3. The van der Waals surface area contributed by atoms with Gasteiger partial charge in [0.15, 0.2) is 0 Å². The summed E-state index contributed by atoms with van der Waals surface area (Å²) < 4.78 is 62.3. The topological polar surface area (TPSA) is 57.6 Å². The SMILES string of the molecule is O=C(N1CC2(C(F)F)CC1(C(=O)O)C2)C(F)(F)F. The first-order valence-electron chi connectivity index (χ1n) is 4.96. The van der Waals surface area contributed by atoms with E-state index in [1.54, 1.807) is 0 Å². The maximum atomic E-state index is 12.7. The number of nitrogens with zero attached hydrogens (tertiary/aromatic N) is 1. The smallest absolute Gasteiger partial charge is 0.471 e. The van der Waals surface area contributed by atoms with Crippen LogP contribution in [0.4, 0.5) is 22.0 Å². The molecule has 3 rings (SSSR count). The minimum Gasteiger partial charge on any atom is -0.479 e. The Bertz CT molecular complexity index is 413. The number of rotatable bonds is 2. The standard InChI is InChI=1S/C9H8F5NO3/c10-4(11)7-1-8(2-7,6(17)18)15(3-7)5(16)9(12,13)14/h4H,1-3H2,(H,17,18). The van der Waals surface area contributed by atoms with Gasteiger partial charge in [0.1, 0.15) is 5.54 Å². The van der Waals surface area contributed by atoms with Crippen LogP contribution >= 0.6 is 0 Å². The number of aliphatic carboxylic acids is 1. The maximum absolute atomic E-state index is 12.7. The summed E-state index contributed by atoms with van der Waals surface area (Å²) in [4.78, 5) is 22.1. The minimum absolute atomic E-state index is 0.0293. The second kappa shape index (κ2) is 3.33. The third kappa shape index (κ3) is 1.42. The van der Waals surface area contributed by atoms with E-state index in [1.165, 1.54) is 0 Å². The number of hydrogen-bond acceptors (Lipinski definition) is 2. The number of carbonyl (C=O) groups excluding carboxylic acids is 1. The Morgan fingerprint density at radius 2 is 1.72 bits per heavy atom. The van der Waals surface area contributed by atoms with Gasteiger partial charge < -0.3 is 10.0 Å². The molecule has 2 aliphatic heterocycles. The van der Waals surface area contributed by atoms with Crippen molar-refractivity contribution in [1.82, 2.24) is 4.90 Å². The van der Waals surface area contributed by atoms with Crippen LogP contribution in [0.2, 0.25) is 0 Å². The van der Waals surface area contributed by atoms with Crippen LogP contribution < -0.4 is 0 Å². The summed E-state index contributed by atoms with van der Waals surface area (Å²) in [5.74, 6) is -4.04. The summed E-state index contributed by atoms with van der Waals surface area (Å²) >= 11 is 0. The van der Waals surface area contributed by atoms with Crippen LogP contribution in [-0.4, -0.2) is 46.6 Å². The molecule has 0 atom stereocenters. The van der Waals surface area contributed by atoms with Gasteiger partial charge in [-0.05, 0) is 12.8 Å². The van der Waals surface area contributed by atoms with Gasteiger partial charge in [-0.1, -0.05) is 0 Å². The third-order valence-electron chi connectivity index (χ3n) is 3.63. The van der Waals surface area contributed by atoms with Crippen molar-refractivity contribution in [2.45, 2.75) is 31.0 Å². The van der Waals surface area contributed by atoms with Gasteiger partial charge >= 0.3 is 18.1 Å². The molecule has 18 heavy (non-hydrogen) atoms. The number of fused-ring (bicyclic) bond motifs is 1. The van der Waals surface area contributed by atoms with Gasteiger partial charge in [0.2, 0.25) is 6.43 Å². The Morgan fingerprint density at radius 3 is 2.06 bits per heavy atom. The number of carbonyl (C=O) groups is 2. The highest BCUT2D eigenvalue weighted by atomic mass is 19.4. The van der Waals surface area contributed by atoms with Crippen molar-refractivity contribution in [3.63, 3.8) is 0 Å². The van der Waals surface area contributed by atoms with Crippen molar-refractivity contribution < 1.29 is 36.6 Å².